The van der Waals surface area contributed by atoms with Crippen LogP contribution in [0.15, 0.2) is 48.5 Å². The van der Waals surface area contributed by atoms with Crippen molar-refractivity contribution >= 4 is 5.97 Å². The predicted octanol–water partition coefficient (Wildman–Crippen LogP) is 5.60. The molecule has 0 spiro atoms. The number of aromatic nitrogens is 2. The molecule has 0 bridgehead atoms. The lowest BCUT2D eigenvalue weighted by Gasteiger charge is -2.13. The molecule has 2 aromatic carbocycles. The summed E-state index contributed by atoms with van der Waals surface area (Å²) in [5, 5.41) is 15.9. The van der Waals surface area contributed by atoms with E-state index >= 15 is 0 Å². The van der Waals surface area contributed by atoms with Gasteiger partial charge in [-0.1, -0.05) is 25.1 Å². The summed E-state index contributed by atoms with van der Waals surface area (Å²) in [6.07, 6.45) is -3.81. The number of aryl methyl sites for hydroxylation is 2. The molecule has 164 valence electrons. The summed E-state index contributed by atoms with van der Waals surface area (Å²) in [4.78, 5) is 10.7. The number of nitrogens with zero attached hydrogens (tertiary/aromatic N) is 1. The fourth-order valence-electron chi connectivity index (χ4n) is 3.16. The van der Waals surface area contributed by atoms with Gasteiger partial charge in [-0.2, -0.15) is 18.3 Å². The number of H-pyrrole nitrogens is 1. The largest absolute Gasteiger partial charge is 0.493 e. The Labute approximate surface area is 177 Å². The highest BCUT2D eigenvalue weighted by Crippen LogP contribution is 2.31. The van der Waals surface area contributed by atoms with Crippen molar-refractivity contribution in [1.82, 2.24) is 10.2 Å². The number of carboxylic acid groups (broad SMARTS) is 1. The molecule has 1 unspecified atom stereocenters. The summed E-state index contributed by atoms with van der Waals surface area (Å²) < 4.78 is 44.0. The number of hydrogen-bond donors (Lipinski definition) is 2. The van der Waals surface area contributed by atoms with Gasteiger partial charge in [-0.15, -0.1) is 0 Å². The molecule has 0 aliphatic heterocycles. The summed E-state index contributed by atoms with van der Waals surface area (Å²) in [5.74, 6) is -0.169. The zero-order chi connectivity index (χ0) is 22.6. The summed E-state index contributed by atoms with van der Waals surface area (Å²) in [6, 6.07) is 12.3. The molecular weight excluding hydrogens is 409 g/mol. The Kier molecular flexibility index (Phi) is 6.68. The van der Waals surface area contributed by atoms with Crippen LogP contribution in [0.5, 0.6) is 5.75 Å². The standard InChI is InChI=1S/C23H23F3N2O3/c1-14-11-19(9-5-16(14)6-10-22(29)30)31-13-15(2)20-12-21(28-27-20)17-3-7-18(8-4-17)23(24,25)26/h3-5,7-9,11-12,15H,6,10,13H2,1-2H3,(H,27,28)(H,29,30). The fourth-order valence-corrected chi connectivity index (χ4v) is 3.16. The van der Waals surface area contributed by atoms with Crippen LogP contribution in [0.1, 0.15) is 41.6 Å². The van der Waals surface area contributed by atoms with Crippen LogP contribution in [0, 0.1) is 6.92 Å². The van der Waals surface area contributed by atoms with Crippen molar-refractivity contribution in [3.05, 3.63) is 70.9 Å². The predicted molar refractivity (Wildman–Crippen MR) is 110 cm³/mol. The van der Waals surface area contributed by atoms with E-state index in [-0.39, 0.29) is 12.3 Å². The highest BCUT2D eigenvalue weighted by Gasteiger charge is 2.30. The molecule has 31 heavy (non-hydrogen) atoms. The summed E-state index contributed by atoms with van der Waals surface area (Å²) >= 11 is 0. The molecule has 2 N–H and O–H groups in total. The van der Waals surface area contributed by atoms with E-state index in [4.69, 9.17) is 9.84 Å². The summed E-state index contributed by atoms with van der Waals surface area (Å²) in [5.41, 5.74) is 3.21. The van der Waals surface area contributed by atoms with Crippen LogP contribution < -0.4 is 4.74 Å². The van der Waals surface area contributed by atoms with E-state index in [2.05, 4.69) is 10.2 Å². The molecule has 0 radical (unpaired) electrons. The molecule has 1 atom stereocenters. The molecule has 1 aromatic heterocycles. The van der Waals surface area contributed by atoms with E-state index in [0.717, 1.165) is 29.0 Å². The van der Waals surface area contributed by atoms with E-state index < -0.39 is 17.7 Å². The van der Waals surface area contributed by atoms with Gasteiger partial charge in [0.25, 0.3) is 0 Å². The first kappa shape index (κ1) is 22.4. The SMILES string of the molecule is Cc1cc(OCC(C)c2cc(-c3ccc(C(F)(F)F)cc3)n[nH]2)ccc1CCC(=O)O. The third-order valence-electron chi connectivity index (χ3n) is 5.06. The van der Waals surface area contributed by atoms with Crippen molar-refractivity contribution in [2.75, 3.05) is 6.61 Å². The summed E-state index contributed by atoms with van der Waals surface area (Å²) in [6.45, 7) is 4.25. The van der Waals surface area contributed by atoms with Gasteiger partial charge in [0.05, 0.1) is 17.9 Å². The van der Waals surface area contributed by atoms with Gasteiger partial charge in [0, 0.05) is 23.6 Å². The van der Waals surface area contributed by atoms with E-state index in [0.29, 0.717) is 30.0 Å². The van der Waals surface area contributed by atoms with E-state index in [1.807, 2.05) is 32.0 Å². The molecule has 8 heteroatoms. The van der Waals surface area contributed by atoms with Crippen LogP contribution in [0.25, 0.3) is 11.3 Å². The number of carbonyl (C=O) groups is 1. The topological polar surface area (TPSA) is 75.2 Å². The Hall–Kier alpha value is -3.29. The number of alkyl halides is 3. The van der Waals surface area contributed by atoms with Gasteiger partial charge < -0.3 is 9.84 Å². The van der Waals surface area contributed by atoms with Gasteiger partial charge in [-0.25, -0.2) is 0 Å². The molecule has 3 rings (SSSR count). The van der Waals surface area contributed by atoms with Gasteiger partial charge in [0.2, 0.25) is 0 Å². The Morgan fingerprint density at radius 3 is 2.48 bits per heavy atom. The Morgan fingerprint density at radius 2 is 1.87 bits per heavy atom. The number of aliphatic carboxylic acids is 1. The first-order valence-corrected chi connectivity index (χ1v) is 9.80. The number of ether oxygens (including phenoxy) is 1. The monoisotopic (exact) mass is 432 g/mol. The van der Waals surface area contributed by atoms with Crippen molar-refractivity contribution in [1.29, 1.82) is 0 Å². The van der Waals surface area contributed by atoms with Crippen LogP contribution in [0.3, 0.4) is 0 Å². The second-order valence-electron chi connectivity index (χ2n) is 7.48. The molecule has 0 saturated carbocycles. The Balaban J connectivity index is 1.60. The average Bonchev–Trinajstić information content (AvgIpc) is 3.21. The molecule has 1 heterocycles. The smallest absolute Gasteiger partial charge is 0.416 e. The number of benzene rings is 2. The molecule has 0 amide bonds. The highest BCUT2D eigenvalue weighted by atomic mass is 19.4. The molecule has 0 fully saturated rings. The highest BCUT2D eigenvalue weighted by molar-refractivity contribution is 5.67. The fraction of sp³-hybridized carbons (Fsp3) is 0.304. The molecule has 0 aliphatic carbocycles. The molecule has 0 aliphatic rings. The van der Waals surface area contributed by atoms with Crippen molar-refractivity contribution < 1.29 is 27.8 Å². The maximum Gasteiger partial charge on any atom is 0.416 e. The zero-order valence-electron chi connectivity index (χ0n) is 17.2. The van der Waals surface area contributed by atoms with Crippen LogP contribution in [0.4, 0.5) is 13.2 Å². The van der Waals surface area contributed by atoms with Crippen molar-refractivity contribution in [2.24, 2.45) is 0 Å². The van der Waals surface area contributed by atoms with Gasteiger partial charge in [0.1, 0.15) is 5.75 Å². The van der Waals surface area contributed by atoms with E-state index in [1.165, 1.54) is 12.1 Å². The van der Waals surface area contributed by atoms with E-state index in [1.54, 1.807) is 6.07 Å². The first-order valence-electron chi connectivity index (χ1n) is 9.80. The Morgan fingerprint density at radius 1 is 1.16 bits per heavy atom. The minimum atomic E-state index is -4.37. The first-order chi connectivity index (χ1) is 14.6. The average molecular weight is 432 g/mol. The van der Waals surface area contributed by atoms with Gasteiger partial charge in [-0.05, 0) is 54.8 Å². The minimum absolute atomic E-state index is 0.0253. The van der Waals surface area contributed by atoms with Gasteiger partial charge in [0.15, 0.2) is 0 Å². The molecule has 3 aromatic rings. The maximum absolute atomic E-state index is 12.7. The van der Waals surface area contributed by atoms with Crippen LogP contribution in [-0.2, 0) is 17.4 Å². The molecule has 0 saturated heterocycles. The van der Waals surface area contributed by atoms with Crippen LogP contribution >= 0.6 is 0 Å². The second-order valence-corrected chi connectivity index (χ2v) is 7.48. The van der Waals surface area contributed by atoms with Gasteiger partial charge >= 0.3 is 12.1 Å². The summed E-state index contributed by atoms with van der Waals surface area (Å²) in [7, 11) is 0. The lowest BCUT2D eigenvalue weighted by Crippen LogP contribution is -2.08. The number of halogens is 3. The van der Waals surface area contributed by atoms with E-state index in [9.17, 15) is 18.0 Å². The van der Waals surface area contributed by atoms with Crippen molar-refractivity contribution in [3.63, 3.8) is 0 Å². The number of rotatable bonds is 8. The van der Waals surface area contributed by atoms with Crippen LogP contribution in [-0.4, -0.2) is 27.9 Å². The Bertz CT molecular complexity index is 1040. The quantitative estimate of drug-likeness (QED) is 0.486. The van der Waals surface area contributed by atoms with Crippen LogP contribution in [0.2, 0.25) is 0 Å². The zero-order valence-corrected chi connectivity index (χ0v) is 17.2. The third-order valence-corrected chi connectivity index (χ3v) is 5.06. The third kappa shape index (κ3) is 5.87. The number of hydrogen-bond acceptors (Lipinski definition) is 3. The number of carboxylic acids is 1. The normalized spacial score (nSPS) is 12.5. The molecule has 5 nitrogen and oxygen atoms in total. The lowest BCUT2D eigenvalue weighted by atomic mass is 10.0. The number of nitrogens with one attached hydrogen (secondary N) is 1. The van der Waals surface area contributed by atoms with Crippen molar-refractivity contribution in [2.45, 2.75) is 38.8 Å². The van der Waals surface area contributed by atoms with Crippen molar-refractivity contribution in [3.8, 4) is 17.0 Å². The minimum Gasteiger partial charge on any atom is -0.493 e. The number of aromatic amines is 1. The lowest BCUT2D eigenvalue weighted by molar-refractivity contribution is -0.138. The molecular formula is C23H23F3N2O3. The maximum atomic E-state index is 12.7. The van der Waals surface area contributed by atoms with Gasteiger partial charge in [-0.3, -0.25) is 9.89 Å². The second kappa shape index (κ2) is 9.24.